The van der Waals surface area contributed by atoms with E-state index in [4.69, 9.17) is 14.3 Å². The highest BCUT2D eigenvalue weighted by atomic mass is 127. The van der Waals surface area contributed by atoms with Crippen molar-refractivity contribution in [2.75, 3.05) is 32.8 Å². The van der Waals surface area contributed by atoms with Gasteiger partial charge in [0.15, 0.2) is 5.96 Å². The van der Waals surface area contributed by atoms with Gasteiger partial charge in [-0.3, -0.25) is 4.99 Å². The number of nitrogens with one attached hydrogen (secondary N) is 1. The van der Waals surface area contributed by atoms with Gasteiger partial charge in [-0.25, -0.2) is 0 Å². The lowest BCUT2D eigenvalue weighted by atomic mass is 10.0. The SMILES string of the molecule is CCNC(=NCCc1c(C)noc1C)N1CCOC(c2cccc(C(F)(F)F)c2)C1.I. The number of benzene rings is 1. The summed E-state index contributed by atoms with van der Waals surface area (Å²) in [6, 6.07) is 5.33. The molecule has 2 aromatic rings. The molecule has 0 saturated carbocycles. The second-order valence-corrected chi connectivity index (χ2v) is 7.22. The molecule has 2 heterocycles. The van der Waals surface area contributed by atoms with E-state index in [1.54, 1.807) is 6.07 Å². The molecule has 1 aromatic heterocycles. The number of hydrogen-bond donors (Lipinski definition) is 1. The molecule has 1 aromatic carbocycles. The minimum Gasteiger partial charge on any atom is -0.370 e. The third-order valence-corrected chi connectivity index (χ3v) is 5.09. The van der Waals surface area contributed by atoms with Gasteiger partial charge in [0.2, 0.25) is 0 Å². The molecule has 1 N–H and O–H groups in total. The highest BCUT2D eigenvalue weighted by Gasteiger charge is 2.32. The van der Waals surface area contributed by atoms with E-state index in [9.17, 15) is 13.2 Å². The number of morpholine rings is 1. The largest absolute Gasteiger partial charge is 0.416 e. The van der Waals surface area contributed by atoms with E-state index in [2.05, 4.69) is 10.5 Å². The lowest BCUT2D eigenvalue weighted by Gasteiger charge is -2.35. The Morgan fingerprint density at radius 1 is 1.32 bits per heavy atom. The maximum Gasteiger partial charge on any atom is 0.416 e. The Morgan fingerprint density at radius 3 is 2.74 bits per heavy atom. The Hall–Kier alpha value is -1.82. The minimum atomic E-state index is -4.38. The minimum absolute atomic E-state index is 0. The van der Waals surface area contributed by atoms with Gasteiger partial charge in [0.05, 0.1) is 24.4 Å². The van der Waals surface area contributed by atoms with Crippen LogP contribution in [0.4, 0.5) is 13.2 Å². The fourth-order valence-corrected chi connectivity index (χ4v) is 3.52. The van der Waals surface area contributed by atoms with Crippen molar-refractivity contribution < 1.29 is 22.4 Å². The summed E-state index contributed by atoms with van der Waals surface area (Å²) in [6.45, 7) is 8.47. The Bertz CT molecular complexity index is 866. The standard InChI is InChI=1S/C21H27F3N4O2.HI/c1-4-25-20(26-9-8-18-14(2)27-30-15(18)3)28-10-11-29-19(13-28)16-6-5-7-17(12-16)21(22,23)24;/h5-7,12,19H,4,8-11,13H2,1-3H3,(H,25,26);1H. The molecule has 1 aliphatic rings. The van der Waals surface area contributed by atoms with Gasteiger partial charge in [0.25, 0.3) is 0 Å². The summed E-state index contributed by atoms with van der Waals surface area (Å²) in [5, 5.41) is 7.23. The molecule has 6 nitrogen and oxygen atoms in total. The van der Waals surface area contributed by atoms with Crippen molar-refractivity contribution >= 4 is 29.9 Å². The number of rotatable bonds is 5. The fourth-order valence-electron chi connectivity index (χ4n) is 3.52. The number of halogens is 4. The molecule has 10 heteroatoms. The summed E-state index contributed by atoms with van der Waals surface area (Å²) in [5.74, 6) is 1.52. The maximum absolute atomic E-state index is 13.1. The number of aliphatic imine (C=N–C) groups is 1. The van der Waals surface area contributed by atoms with Gasteiger partial charge >= 0.3 is 6.18 Å². The smallest absolute Gasteiger partial charge is 0.370 e. The second kappa shape index (κ2) is 11.2. The average Bonchev–Trinajstić information content (AvgIpc) is 3.05. The van der Waals surface area contributed by atoms with Crippen molar-refractivity contribution in [3.8, 4) is 0 Å². The molecule has 1 unspecified atom stereocenters. The molecular weight excluding hydrogens is 524 g/mol. The number of guanidine groups is 1. The van der Waals surface area contributed by atoms with E-state index in [-0.39, 0.29) is 24.0 Å². The highest BCUT2D eigenvalue weighted by molar-refractivity contribution is 14.0. The Kier molecular flexibility index (Phi) is 9.16. The van der Waals surface area contributed by atoms with Gasteiger partial charge in [0, 0.05) is 25.2 Å². The van der Waals surface area contributed by atoms with Crippen LogP contribution in [0.3, 0.4) is 0 Å². The summed E-state index contributed by atoms with van der Waals surface area (Å²) in [4.78, 5) is 6.74. The van der Waals surface area contributed by atoms with Crippen LogP contribution in [0.5, 0.6) is 0 Å². The van der Waals surface area contributed by atoms with E-state index in [1.165, 1.54) is 6.07 Å². The van der Waals surface area contributed by atoms with Gasteiger partial charge < -0.3 is 19.5 Å². The van der Waals surface area contributed by atoms with Crippen LogP contribution in [0.25, 0.3) is 0 Å². The van der Waals surface area contributed by atoms with Crippen LogP contribution in [0, 0.1) is 13.8 Å². The first-order valence-corrected chi connectivity index (χ1v) is 10.0. The molecular formula is C21H28F3IN4O2. The first-order chi connectivity index (χ1) is 14.3. The molecule has 0 aliphatic carbocycles. The molecule has 0 bridgehead atoms. The van der Waals surface area contributed by atoms with Gasteiger partial charge in [-0.1, -0.05) is 17.3 Å². The number of alkyl halides is 3. The number of aryl methyl sites for hydroxylation is 2. The number of ether oxygens (including phenoxy) is 1. The quantitative estimate of drug-likeness (QED) is 0.336. The van der Waals surface area contributed by atoms with E-state index in [0.717, 1.165) is 35.1 Å². The van der Waals surface area contributed by atoms with Crippen molar-refractivity contribution in [3.63, 3.8) is 0 Å². The molecule has 172 valence electrons. The molecule has 3 rings (SSSR count). The summed E-state index contributed by atoms with van der Waals surface area (Å²) >= 11 is 0. The van der Waals surface area contributed by atoms with Crippen LogP contribution in [0.15, 0.2) is 33.8 Å². The van der Waals surface area contributed by atoms with Crippen LogP contribution in [0.1, 0.15) is 41.2 Å². The van der Waals surface area contributed by atoms with Crippen molar-refractivity contribution in [2.24, 2.45) is 4.99 Å². The summed E-state index contributed by atoms with van der Waals surface area (Å²) < 4.78 is 50.1. The predicted molar refractivity (Wildman–Crippen MR) is 123 cm³/mol. The second-order valence-electron chi connectivity index (χ2n) is 7.22. The first-order valence-electron chi connectivity index (χ1n) is 10.0. The van der Waals surface area contributed by atoms with Crippen molar-refractivity contribution in [1.82, 2.24) is 15.4 Å². The Balaban J connectivity index is 0.00000341. The molecule has 0 amide bonds. The number of aromatic nitrogens is 1. The van der Waals surface area contributed by atoms with Gasteiger partial charge in [0.1, 0.15) is 11.9 Å². The molecule has 0 radical (unpaired) electrons. The van der Waals surface area contributed by atoms with Gasteiger partial charge in [-0.05, 0) is 44.9 Å². The van der Waals surface area contributed by atoms with Crippen molar-refractivity contribution in [2.45, 2.75) is 39.5 Å². The topological polar surface area (TPSA) is 62.9 Å². The van der Waals surface area contributed by atoms with Crippen LogP contribution >= 0.6 is 24.0 Å². The zero-order valence-electron chi connectivity index (χ0n) is 17.8. The maximum atomic E-state index is 13.1. The van der Waals surface area contributed by atoms with E-state index >= 15 is 0 Å². The zero-order valence-corrected chi connectivity index (χ0v) is 20.2. The van der Waals surface area contributed by atoms with Crippen LogP contribution in [0.2, 0.25) is 0 Å². The van der Waals surface area contributed by atoms with Crippen molar-refractivity contribution in [3.05, 3.63) is 52.4 Å². The van der Waals surface area contributed by atoms with Gasteiger partial charge in [-0.2, -0.15) is 13.2 Å². The fraction of sp³-hybridized carbons (Fsp3) is 0.524. The summed E-state index contributed by atoms with van der Waals surface area (Å²) in [6.07, 6.45) is -4.12. The van der Waals surface area contributed by atoms with Gasteiger partial charge in [-0.15, -0.1) is 24.0 Å². The monoisotopic (exact) mass is 552 g/mol. The third-order valence-electron chi connectivity index (χ3n) is 5.09. The van der Waals surface area contributed by atoms with Crippen LogP contribution < -0.4 is 5.32 Å². The molecule has 1 aliphatic heterocycles. The normalized spacial score (nSPS) is 17.4. The lowest BCUT2D eigenvalue weighted by molar-refractivity contribution is -0.137. The average molecular weight is 552 g/mol. The Morgan fingerprint density at radius 2 is 2.10 bits per heavy atom. The predicted octanol–water partition coefficient (Wildman–Crippen LogP) is 4.51. The number of nitrogens with zero attached hydrogens (tertiary/aromatic N) is 3. The first kappa shape index (κ1) is 25.4. The highest BCUT2D eigenvalue weighted by Crippen LogP contribution is 2.32. The molecule has 1 fully saturated rings. The number of hydrogen-bond acceptors (Lipinski definition) is 4. The molecule has 31 heavy (non-hydrogen) atoms. The van der Waals surface area contributed by atoms with Crippen LogP contribution in [-0.2, 0) is 17.3 Å². The third kappa shape index (κ3) is 6.58. The van der Waals surface area contributed by atoms with E-state index < -0.39 is 17.8 Å². The molecule has 1 saturated heterocycles. The zero-order chi connectivity index (χ0) is 21.7. The molecule has 1 atom stereocenters. The van der Waals surface area contributed by atoms with Crippen LogP contribution in [-0.4, -0.2) is 48.8 Å². The van der Waals surface area contributed by atoms with Crippen molar-refractivity contribution in [1.29, 1.82) is 0 Å². The molecule has 0 spiro atoms. The summed E-state index contributed by atoms with van der Waals surface area (Å²) in [7, 11) is 0. The van der Waals surface area contributed by atoms with E-state index in [0.29, 0.717) is 44.8 Å². The van der Waals surface area contributed by atoms with E-state index in [1.807, 2.05) is 25.7 Å². The summed E-state index contributed by atoms with van der Waals surface area (Å²) in [5.41, 5.74) is 1.77. The lowest BCUT2D eigenvalue weighted by Crippen LogP contribution is -2.48. The Labute approximate surface area is 197 Å².